The highest BCUT2D eigenvalue weighted by atomic mass is 127. The van der Waals surface area contributed by atoms with Gasteiger partial charge in [-0.3, -0.25) is 4.79 Å². The molecule has 6 nitrogen and oxygen atoms in total. The maximum absolute atomic E-state index is 11.5. The molecule has 0 saturated carbocycles. The van der Waals surface area contributed by atoms with Crippen molar-refractivity contribution in [1.82, 2.24) is 16.0 Å². The number of benzene rings is 1. The van der Waals surface area contributed by atoms with Crippen molar-refractivity contribution in [3.63, 3.8) is 0 Å². The maximum atomic E-state index is 11.5. The van der Waals surface area contributed by atoms with Crippen LogP contribution in [0.3, 0.4) is 0 Å². The van der Waals surface area contributed by atoms with Gasteiger partial charge in [0.2, 0.25) is 5.91 Å². The Kier molecular flexibility index (Phi) is 9.20. The van der Waals surface area contributed by atoms with Gasteiger partial charge in [0.05, 0.1) is 13.1 Å². The Hall–Kier alpha value is -1.16. The molecular weight excluding hydrogens is 485 g/mol. The van der Waals surface area contributed by atoms with Gasteiger partial charge < -0.3 is 20.9 Å². The minimum Gasteiger partial charge on any atom is -0.360 e. The number of anilines is 1. The van der Waals surface area contributed by atoms with Crippen molar-refractivity contribution >= 4 is 53.3 Å². The monoisotopic (exact) mass is 517 g/mol. The lowest BCUT2D eigenvalue weighted by Crippen LogP contribution is -2.47. The lowest BCUT2D eigenvalue weighted by molar-refractivity contribution is -0.120. The van der Waals surface area contributed by atoms with Gasteiger partial charge in [-0.15, -0.1) is 24.0 Å². The van der Waals surface area contributed by atoms with Crippen LogP contribution in [0.15, 0.2) is 29.3 Å². The van der Waals surface area contributed by atoms with E-state index in [2.05, 4.69) is 70.7 Å². The van der Waals surface area contributed by atoms with Gasteiger partial charge in [0, 0.05) is 36.6 Å². The summed E-state index contributed by atoms with van der Waals surface area (Å²) in [6.45, 7) is 8.86. The van der Waals surface area contributed by atoms with E-state index in [4.69, 9.17) is 4.99 Å². The number of amides is 1. The van der Waals surface area contributed by atoms with Gasteiger partial charge in [-0.2, -0.15) is 11.8 Å². The van der Waals surface area contributed by atoms with Crippen molar-refractivity contribution in [2.45, 2.75) is 38.0 Å². The van der Waals surface area contributed by atoms with Crippen molar-refractivity contribution in [1.29, 1.82) is 0 Å². The predicted octanol–water partition coefficient (Wildman–Crippen LogP) is 2.58. The molecule has 0 spiro atoms. The quantitative estimate of drug-likeness (QED) is 0.308. The summed E-state index contributed by atoms with van der Waals surface area (Å²) >= 11 is 2.06. The highest BCUT2D eigenvalue weighted by molar-refractivity contribution is 14.0. The van der Waals surface area contributed by atoms with Crippen LogP contribution in [0.2, 0.25) is 0 Å². The second kappa shape index (κ2) is 11.1. The molecule has 3 N–H and O–H groups in total. The molecule has 0 aliphatic carbocycles. The van der Waals surface area contributed by atoms with Gasteiger partial charge in [0.25, 0.3) is 0 Å². The van der Waals surface area contributed by atoms with Crippen LogP contribution in [0, 0.1) is 0 Å². The Morgan fingerprint density at radius 3 is 2.75 bits per heavy atom. The van der Waals surface area contributed by atoms with Crippen molar-refractivity contribution in [3.05, 3.63) is 29.8 Å². The normalized spacial score (nSPS) is 22.4. The van der Waals surface area contributed by atoms with E-state index >= 15 is 0 Å². The fraction of sp³-hybridized carbons (Fsp3) is 0.600. The molecule has 1 atom stereocenters. The third-order valence-electron chi connectivity index (χ3n) is 5.03. The lowest BCUT2D eigenvalue weighted by atomic mass is 10.1. The summed E-state index contributed by atoms with van der Waals surface area (Å²) in [5.74, 6) is 2.23. The molecule has 1 aromatic rings. The Morgan fingerprint density at radius 2 is 2.11 bits per heavy atom. The fourth-order valence-corrected chi connectivity index (χ4v) is 4.67. The molecule has 1 amide bonds. The van der Waals surface area contributed by atoms with Gasteiger partial charge in [0.1, 0.15) is 0 Å². The molecule has 1 unspecified atom stereocenters. The molecule has 2 saturated heterocycles. The number of piperazine rings is 1. The van der Waals surface area contributed by atoms with E-state index in [9.17, 15) is 4.79 Å². The average Bonchev–Trinajstić information content (AvgIpc) is 3.11. The van der Waals surface area contributed by atoms with Gasteiger partial charge in [-0.05, 0) is 50.1 Å². The summed E-state index contributed by atoms with van der Waals surface area (Å²) in [6, 6.07) is 8.37. The highest BCUT2D eigenvalue weighted by Crippen LogP contribution is 2.36. The Balaban J connectivity index is 0.00000280. The number of nitrogens with one attached hydrogen (secondary N) is 3. The number of carbonyl (C=O) groups excluding carboxylic acids is 1. The molecule has 0 aromatic heterocycles. The van der Waals surface area contributed by atoms with Crippen molar-refractivity contribution < 1.29 is 4.79 Å². The summed E-state index contributed by atoms with van der Waals surface area (Å²) < 4.78 is 0.318. The van der Waals surface area contributed by atoms with Crippen LogP contribution < -0.4 is 20.9 Å². The number of carbonyl (C=O) groups is 1. The molecule has 8 heteroatoms. The zero-order valence-corrected chi connectivity index (χ0v) is 19.9. The van der Waals surface area contributed by atoms with Crippen molar-refractivity contribution in [2.75, 3.05) is 43.4 Å². The van der Waals surface area contributed by atoms with E-state index in [1.54, 1.807) is 0 Å². The van der Waals surface area contributed by atoms with E-state index in [-0.39, 0.29) is 29.9 Å². The Morgan fingerprint density at radius 1 is 1.32 bits per heavy atom. The molecule has 156 valence electrons. The number of rotatable bonds is 6. The third kappa shape index (κ3) is 6.72. The van der Waals surface area contributed by atoms with Crippen LogP contribution in [0.1, 0.15) is 32.3 Å². The van der Waals surface area contributed by atoms with Gasteiger partial charge in [-0.25, -0.2) is 4.99 Å². The third-order valence-corrected chi connectivity index (χ3v) is 6.57. The molecule has 0 bridgehead atoms. The second-order valence-corrected chi connectivity index (χ2v) is 9.07. The van der Waals surface area contributed by atoms with E-state index in [1.807, 2.05) is 0 Å². The zero-order valence-electron chi connectivity index (χ0n) is 16.8. The standard InChI is InChI=1S/C20H31N5OS.HI/c1-3-21-19(24-15-20(2)9-4-12-27-20)23-13-16-5-7-17(8-6-16)25-11-10-22-18(26)14-25;/h5-8H,3-4,9-15H2,1-2H3,(H,22,26)(H2,21,23,24);1H. The van der Waals surface area contributed by atoms with Crippen molar-refractivity contribution in [2.24, 2.45) is 4.99 Å². The molecule has 0 radical (unpaired) electrons. The van der Waals surface area contributed by atoms with Crippen LogP contribution in [0.4, 0.5) is 5.69 Å². The van der Waals surface area contributed by atoms with Gasteiger partial charge >= 0.3 is 0 Å². The first-order valence-corrected chi connectivity index (χ1v) is 10.8. The number of aliphatic imine (C=N–C) groups is 1. The number of thioether (sulfide) groups is 1. The Labute approximate surface area is 189 Å². The minimum absolute atomic E-state index is 0. The maximum Gasteiger partial charge on any atom is 0.239 e. The van der Waals surface area contributed by atoms with E-state index in [1.165, 1.54) is 24.2 Å². The van der Waals surface area contributed by atoms with E-state index in [0.717, 1.165) is 31.3 Å². The van der Waals surface area contributed by atoms with Crippen molar-refractivity contribution in [3.8, 4) is 0 Å². The van der Waals surface area contributed by atoms with Gasteiger partial charge in [0.15, 0.2) is 5.96 Å². The van der Waals surface area contributed by atoms with Crippen LogP contribution >= 0.6 is 35.7 Å². The summed E-state index contributed by atoms with van der Waals surface area (Å²) in [4.78, 5) is 18.4. The molecule has 3 rings (SSSR count). The van der Waals surface area contributed by atoms with Crippen LogP contribution in [-0.4, -0.2) is 55.1 Å². The predicted molar refractivity (Wildman–Crippen MR) is 130 cm³/mol. The smallest absolute Gasteiger partial charge is 0.239 e. The topological polar surface area (TPSA) is 68.8 Å². The largest absolute Gasteiger partial charge is 0.360 e. The first-order valence-electron chi connectivity index (χ1n) is 9.85. The summed E-state index contributed by atoms with van der Waals surface area (Å²) in [6.07, 6.45) is 2.57. The highest BCUT2D eigenvalue weighted by Gasteiger charge is 2.29. The van der Waals surface area contributed by atoms with Crippen LogP contribution in [0.5, 0.6) is 0 Å². The molecule has 1 aromatic carbocycles. The lowest BCUT2D eigenvalue weighted by Gasteiger charge is -2.28. The molecule has 2 aliphatic rings. The number of nitrogens with zero attached hydrogens (tertiary/aromatic N) is 2. The summed E-state index contributed by atoms with van der Waals surface area (Å²) in [7, 11) is 0. The fourth-order valence-electron chi connectivity index (χ4n) is 3.43. The van der Waals surface area contributed by atoms with Crippen LogP contribution in [0.25, 0.3) is 0 Å². The zero-order chi connectivity index (χ0) is 19.1. The number of guanidine groups is 1. The van der Waals surface area contributed by atoms with E-state index < -0.39 is 0 Å². The first kappa shape index (κ1) is 23.1. The molecule has 2 aliphatic heterocycles. The molecule has 28 heavy (non-hydrogen) atoms. The van der Waals surface area contributed by atoms with Gasteiger partial charge in [-0.1, -0.05) is 12.1 Å². The summed E-state index contributed by atoms with van der Waals surface area (Å²) in [5.41, 5.74) is 2.26. The number of hydrogen-bond acceptors (Lipinski definition) is 4. The number of hydrogen-bond donors (Lipinski definition) is 3. The van der Waals surface area contributed by atoms with E-state index in [0.29, 0.717) is 24.4 Å². The van der Waals surface area contributed by atoms with Crippen LogP contribution in [-0.2, 0) is 11.3 Å². The average molecular weight is 517 g/mol. The minimum atomic E-state index is 0. The molecule has 2 fully saturated rings. The first-order chi connectivity index (χ1) is 13.1. The molecule has 2 heterocycles. The summed E-state index contributed by atoms with van der Waals surface area (Å²) in [5, 5.41) is 9.70. The second-order valence-electron chi connectivity index (χ2n) is 7.39. The number of halogens is 1. The SMILES string of the molecule is CCNC(=NCc1ccc(N2CCNC(=O)C2)cc1)NCC1(C)CCCS1.I. The molecular formula is C20H32IN5OS. The Bertz CT molecular complexity index is 661.